The van der Waals surface area contributed by atoms with E-state index in [-0.39, 0.29) is 11.3 Å². The normalized spacial score (nSPS) is 16.6. The second-order valence-electron chi connectivity index (χ2n) is 5.85. The molecule has 0 unspecified atom stereocenters. The summed E-state index contributed by atoms with van der Waals surface area (Å²) in [6.07, 6.45) is 0. The van der Waals surface area contributed by atoms with Crippen molar-refractivity contribution in [3.8, 4) is 0 Å². The summed E-state index contributed by atoms with van der Waals surface area (Å²) >= 11 is 0. The molecule has 1 aromatic rings. The number of carbonyl (C=O) groups is 1. The molecular weight excluding hydrogens is 245 g/mol. The lowest BCUT2D eigenvalue weighted by atomic mass is 9.94. The number of rotatable bonds is 1. The Bertz CT molecular complexity index is 462. The maximum absolute atomic E-state index is 13.1. The molecule has 5 heteroatoms. The molecule has 0 aromatic carbocycles. The van der Waals surface area contributed by atoms with Crippen molar-refractivity contribution in [2.75, 3.05) is 31.1 Å². The minimum absolute atomic E-state index is 0.166. The molecule has 1 aromatic heterocycles. The van der Waals surface area contributed by atoms with Crippen molar-refractivity contribution in [3.05, 3.63) is 24.1 Å². The molecule has 0 saturated carbocycles. The number of nitrogens with zero attached hydrogens (tertiary/aromatic N) is 3. The first kappa shape index (κ1) is 13.8. The Morgan fingerprint density at radius 1 is 1.21 bits per heavy atom. The molecule has 0 bridgehead atoms. The third kappa shape index (κ3) is 3.22. The molecule has 4 nitrogen and oxygen atoms in total. The maximum Gasteiger partial charge on any atom is 0.228 e. The van der Waals surface area contributed by atoms with Gasteiger partial charge in [0.25, 0.3) is 0 Å². The largest absolute Gasteiger partial charge is 0.353 e. The fourth-order valence-corrected chi connectivity index (χ4v) is 2.19. The van der Waals surface area contributed by atoms with Gasteiger partial charge >= 0.3 is 0 Å². The summed E-state index contributed by atoms with van der Waals surface area (Å²) in [6, 6.07) is 4.79. The molecular formula is C14H20FN3O. The average molecular weight is 265 g/mol. The predicted octanol–water partition coefficient (Wildman–Crippen LogP) is 1.92. The van der Waals surface area contributed by atoms with E-state index in [4.69, 9.17) is 0 Å². The van der Waals surface area contributed by atoms with E-state index in [2.05, 4.69) is 4.98 Å². The second kappa shape index (κ2) is 5.15. The third-order valence-corrected chi connectivity index (χ3v) is 3.23. The highest BCUT2D eigenvalue weighted by Gasteiger charge is 2.29. The summed E-state index contributed by atoms with van der Waals surface area (Å²) in [7, 11) is 0. The smallest absolute Gasteiger partial charge is 0.228 e. The molecule has 0 radical (unpaired) electrons. The number of anilines is 1. The average Bonchev–Trinajstić information content (AvgIpc) is 2.37. The number of halogens is 1. The monoisotopic (exact) mass is 265 g/mol. The number of piperazine rings is 1. The molecule has 1 saturated heterocycles. The van der Waals surface area contributed by atoms with Gasteiger partial charge in [0, 0.05) is 31.6 Å². The number of pyridine rings is 1. The van der Waals surface area contributed by atoms with Crippen molar-refractivity contribution in [2.24, 2.45) is 5.41 Å². The van der Waals surface area contributed by atoms with Crippen molar-refractivity contribution >= 4 is 11.7 Å². The molecule has 0 atom stereocenters. The van der Waals surface area contributed by atoms with Crippen LogP contribution >= 0.6 is 0 Å². The van der Waals surface area contributed by atoms with Gasteiger partial charge in [-0.05, 0) is 12.1 Å². The van der Waals surface area contributed by atoms with Gasteiger partial charge in [0.2, 0.25) is 11.9 Å². The molecule has 2 heterocycles. The Balaban J connectivity index is 1.98. The number of hydrogen-bond acceptors (Lipinski definition) is 3. The van der Waals surface area contributed by atoms with Crippen LogP contribution in [0, 0.1) is 11.4 Å². The lowest BCUT2D eigenvalue weighted by molar-refractivity contribution is -0.139. The number of aromatic nitrogens is 1. The van der Waals surface area contributed by atoms with Crippen molar-refractivity contribution < 1.29 is 9.18 Å². The van der Waals surface area contributed by atoms with Gasteiger partial charge in [-0.1, -0.05) is 26.8 Å². The molecule has 0 aliphatic carbocycles. The van der Waals surface area contributed by atoms with Crippen LogP contribution < -0.4 is 4.90 Å². The summed E-state index contributed by atoms with van der Waals surface area (Å²) in [6.45, 7) is 8.49. The van der Waals surface area contributed by atoms with Gasteiger partial charge in [-0.2, -0.15) is 4.39 Å². The van der Waals surface area contributed by atoms with E-state index >= 15 is 0 Å². The fourth-order valence-electron chi connectivity index (χ4n) is 2.19. The lowest BCUT2D eigenvalue weighted by Gasteiger charge is -2.38. The minimum Gasteiger partial charge on any atom is -0.353 e. The number of carbonyl (C=O) groups excluding carboxylic acids is 1. The van der Waals surface area contributed by atoms with Crippen LogP contribution in [0.3, 0.4) is 0 Å². The van der Waals surface area contributed by atoms with Crippen LogP contribution in [-0.2, 0) is 4.79 Å². The van der Waals surface area contributed by atoms with E-state index in [1.165, 1.54) is 6.07 Å². The van der Waals surface area contributed by atoms with Crippen LogP contribution in [0.1, 0.15) is 20.8 Å². The zero-order chi connectivity index (χ0) is 14.0. The minimum atomic E-state index is -0.467. The Labute approximate surface area is 113 Å². The summed E-state index contributed by atoms with van der Waals surface area (Å²) in [5.74, 6) is 0.341. The maximum atomic E-state index is 13.1. The highest BCUT2D eigenvalue weighted by molar-refractivity contribution is 5.81. The van der Waals surface area contributed by atoms with Crippen LogP contribution in [0.5, 0.6) is 0 Å². The lowest BCUT2D eigenvalue weighted by Crippen LogP contribution is -2.51. The van der Waals surface area contributed by atoms with E-state index < -0.39 is 5.95 Å². The van der Waals surface area contributed by atoms with Gasteiger partial charge in [-0.25, -0.2) is 4.98 Å². The molecule has 1 aliphatic rings. The van der Waals surface area contributed by atoms with Gasteiger partial charge in [-0.3, -0.25) is 4.79 Å². The highest BCUT2D eigenvalue weighted by atomic mass is 19.1. The first-order chi connectivity index (χ1) is 8.88. The molecule has 1 amide bonds. The Hall–Kier alpha value is -1.65. The quantitative estimate of drug-likeness (QED) is 0.728. The van der Waals surface area contributed by atoms with E-state index in [1.54, 1.807) is 12.1 Å². The Morgan fingerprint density at radius 3 is 2.37 bits per heavy atom. The Morgan fingerprint density at radius 2 is 1.84 bits per heavy atom. The summed E-state index contributed by atoms with van der Waals surface area (Å²) in [5.41, 5.74) is -0.348. The third-order valence-electron chi connectivity index (χ3n) is 3.23. The Kier molecular flexibility index (Phi) is 3.73. The first-order valence-corrected chi connectivity index (χ1v) is 6.55. The summed E-state index contributed by atoms with van der Waals surface area (Å²) < 4.78 is 13.1. The molecule has 2 rings (SSSR count). The van der Waals surface area contributed by atoms with Crippen LogP contribution in [0.15, 0.2) is 18.2 Å². The van der Waals surface area contributed by atoms with E-state index in [0.717, 1.165) is 0 Å². The van der Waals surface area contributed by atoms with Gasteiger partial charge in [0.15, 0.2) is 0 Å². The van der Waals surface area contributed by atoms with E-state index in [9.17, 15) is 9.18 Å². The molecule has 1 aliphatic heterocycles. The van der Waals surface area contributed by atoms with Gasteiger partial charge in [0.05, 0.1) is 0 Å². The zero-order valence-corrected chi connectivity index (χ0v) is 11.7. The van der Waals surface area contributed by atoms with Crippen molar-refractivity contribution in [1.82, 2.24) is 9.88 Å². The summed E-state index contributed by atoms with van der Waals surface area (Å²) in [4.78, 5) is 19.9. The van der Waals surface area contributed by atoms with Crippen molar-refractivity contribution in [3.63, 3.8) is 0 Å². The van der Waals surface area contributed by atoms with Crippen LogP contribution in [-0.4, -0.2) is 42.0 Å². The van der Waals surface area contributed by atoms with Crippen LogP contribution in [0.2, 0.25) is 0 Å². The number of hydrogen-bond donors (Lipinski definition) is 0. The van der Waals surface area contributed by atoms with Gasteiger partial charge in [-0.15, -0.1) is 0 Å². The molecule has 104 valence electrons. The van der Waals surface area contributed by atoms with Gasteiger partial charge in [0.1, 0.15) is 5.82 Å². The SMILES string of the molecule is CC(C)(C)C(=O)N1CCN(c2cccc(F)n2)CC1. The van der Waals surface area contributed by atoms with E-state index in [1.807, 2.05) is 30.6 Å². The van der Waals surface area contributed by atoms with Crippen LogP contribution in [0.25, 0.3) is 0 Å². The molecule has 0 N–H and O–H groups in total. The van der Waals surface area contributed by atoms with Crippen molar-refractivity contribution in [2.45, 2.75) is 20.8 Å². The summed E-state index contributed by atoms with van der Waals surface area (Å²) in [5, 5.41) is 0. The second-order valence-corrected chi connectivity index (χ2v) is 5.85. The zero-order valence-electron chi connectivity index (χ0n) is 11.7. The standard InChI is InChI=1S/C14H20FN3O/c1-14(2,3)13(19)18-9-7-17(8-10-18)12-6-4-5-11(15)16-12/h4-6H,7-10H2,1-3H3. The van der Waals surface area contributed by atoms with Crippen molar-refractivity contribution in [1.29, 1.82) is 0 Å². The van der Waals surface area contributed by atoms with E-state index in [0.29, 0.717) is 32.0 Å². The molecule has 19 heavy (non-hydrogen) atoms. The number of amides is 1. The fraction of sp³-hybridized carbons (Fsp3) is 0.571. The molecule has 1 fully saturated rings. The van der Waals surface area contributed by atoms with Crippen LogP contribution in [0.4, 0.5) is 10.2 Å². The molecule has 0 spiro atoms. The predicted molar refractivity (Wildman–Crippen MR) is 72.4 cm³/mol. The topological polar surface area (TPSA) is 36.4 Å². The van der Waals surface area contributed by atoms with Gasteiger partial charge < -0.3 is 9.80 Å². The first-order valence-electron chi connectivity index (χ1n) is 6.55. The highest BCUT2D eigenvalue weighted by Crippen LogP contribution is 2.20.